The normalized spacial score (nSPS) is 31.4. The van der Waals surface area contributed by atoms with Crippen molar-refractivity contribution in [2.24, 2.45) is 10.8 Å². The van der Waals surface area contributed by atoms with Crippen molar-refractivity contribution in [3.05, 3.63) is 0 Å². The van der Waals surface area contributed by atoms with E-state index in [1.807, 2.05) is 4.90 Å². The second kappa shape index (κ2) is 5.83. The molecule has 21 heavy (non-hydrogen) atoms. The van der Waals surface area contributed by atoms with Crippen LogP contribution in [0.5, 0.6) is 0 Å². The summed E-state index contributed by atoms with van der Waals surface area (Å²) in [5.41, 5.74) is -0.818. The third-order valence-corrected chi connectivity index (χ3v) is 5.47. The molecule has 0 aliphatic carbocycles. The smallest absolute Gasteiger partial charge is 0.317 e. The Morgan fingerprint density at radius 2 is 2.05 bits per heavy atom. The van der Waals surface area contributed by atoms with E-state index >= 15 is 0 Å². The average molecular weight is 298 g/mol. The van der Waals surface area contributed by atoms with E-state index < -0.39 is 17.4 Å². The molecule has 2 fully saturated rings. The van der Waals surface area contributed by atoms with Crippen LogP contribution in [0.4, 0.5) is 4.79 Å². The van der Waals surface area contributed by atoms with Crippen molar-refractivity contribution in [2.45, 2.75) is 46.1 Å². The van der Waals surface area contributed by atoms with E-state index in [-0.39, 0.29) is 24.7 Å². The van der Waals surface area contributed by atoms with Crippen molar-refractivity contribution >= 4 is 12.0 Å². The molecule has 0 bridgehead atoms. The number of likely N-dealkylation sites (tertiary alicyclic amines) is 1. The van der Waals surface area contributed by atoms with Crippen LogP contribution in [0.1, 0.15) is 40.0 Å². The van der Waals surface area contributed by atoms with Crippen LogP contribution in [0, 0.1) is 10.8 Å². The third-order valence-electron chi connectivity index (χ3n) is 5.47. The summed E-state index contributed by atoms with van der Waals surface area (Å²) in [5, 5.41) is 12.2. The molecule has 2 rings (SSSR count). The molecule has 0 spiro atoms. The van der Waals surface area contributed by atoms with Gasteiger partial charge in [-0.2, -0.15) is 0 Å². The minimum atomic E-state index is -1.04. The molecule has 2 amide bonds. The summed E-state index contributed by atoms with van der Waals surface area (Å²) < 4.78 is 5.27. The Kier molecular flexibility index (Phi) is 4.46. The molecule has 0 aromatic rings. The number of rotatable bonds is 4. The highest BCUT2D eigenvalue weighted by atomic mass is 16.5. The highest BCUT2D eigenvalue weighted by Gasteiger charge is 2.48. The molecule has 0 aromatic heterocycles. The fraction of sp³-hybridized carbons (Fsp3) is 0.867. The molecule has 2 atom stereocenters. The largest absolute Gasteiger partial charge is 0.481 e. The molecular formula is C15H26N2O4. The van der Waals surface area contributed by atoms with Gasteiger partial charge in [0.05, 0.1) is 19.3 Å². The molecule has 2 heterocycles. The van der Waals surface area contributed by atoms with Gasteiger partial charge in [-0.3, -0.25) is 4.79 Å². The number of hydrogen-bond donors (Lipinski definition) is 2. The van der Waals surface area contributed by atoms with Gasteiger partial charge in [0.2, 0.25) is 0 Å². The van der Waals surface area contributed by atoms with E-state index in [1.165, 1.54) is 0 Å². The van der Waals surface area contributed by atoms with E-state index in [0.29, 0.717) is 0 Å². The molecule has 6 heteroatoms. The minimum absolute atomic E-state index is 0.140. The zero-order valence-electron chi connectivity index (χ0n) is 13.1. The van der Waals surface area contributed by atoms with Gasteiger partial charge >= 0.3 is 12.0 Å². The number of carboxylic acids is 1. The number of carboxylic acid groups (broad SMARTS) is 1. The summed E-state index contributed by atoms with van der Waals surface area (Å²) in [4.78, 5) is 25.6. The maximum absolute atomic E-state index is 12.4. The monoisotopic (exact) mass is 298 g/mol. The van der Waals surface area contributed by atoms with Crippen molar-refractivity contribution in [2.75, 3.05) is 26.3 Å². The van der Waals surface area contributed by atoms with Crippen molar-refractivity contribution in [3.63, 3.8) is 0 Å². The number of hydrogen-bond acceptors (Lipinski definition) is 3. The highest BCUT2D eigenvalue weighted by Crippen LogP contribution is 2.37. The molecule has 2 N–H and O–H groups in total. The molecule has 0 radical (unpaired) electrons. The van der Waals surface area contributed by atoms with E-state index in [0.717, 1.165) is 32.4 Å². The Bertz CT molecular complexity index is 422. The summed E-state index contributed by atoms with van der Waals surface area (Å²) in [6.07, 6.45) is 3.14. The van der Waals surface area contributed by atoms with Crippen LogP contribution in [-0.2, 0) is 9.53 Å². The lowest BCUT2D eigenvalue weighted by Crippen LogP contribution is -2.53. The average Bonchev–Trinajstić information content (AvgIpc) is 3.05. The van der Waals surface area contributed by atoms with E-state index in [9.17, 15) is 14.7 Å². The van der Waals surface area contributed by atoms with Crippen LogP contribution in [0.2, 0.25) is 0 Å². The van der Waals surface area contributed by atoms with E-state index in [2.05, 4.69) is 19.2 Å². The maximum Gasteiger partial charge on any atom is 0.317 e. The van der Waals surface area contributed by atoms with Gasteiger partial charge in [0.15, 0.2) is 0 Å². The first-order valence-corrected chi connectivity index (χ1v) is 7.73. The molecule has 0 aromatic carbocycles. The summed E-state index contributed by atoms with van der Waals surface area (Å²) in [6, 6.07) is -0.637. The minimum Gasteiger partial charge on any atom is -0.481 e. The lowest BCUT2D eigenvalue weighted by molar-refractivity contribution is -0.148. The lowest BCUT2D eigenvalue weighted by atomic mass is 9.82. The molecule has 0 saturated carbocycles. The van der Waals surface area contributed by atoms with Gasteiger partial charge in [0, 0.05) is 13.1 Å². The van der Waals surface area contributed by atoms with Crippen LogP contribution in [0.3, 0.4) is 0 Å². The number of nitrogens with zero attached hydrogens (tertiary/aromatic N) is 1. The summed E-state index contributed by atoms with van der Waals surface area (Å²) in [6.45, 7) is 7.85. The Labute approximate surface area is 125 Å². The van der Waals surface area contributed by atoms with Crippen molar-refractivity contribution in [1.82, 2.24) is 10.2 Å². The standard InChI is InChI=1S/C15H26N2O4/c1-4-15(5-2)6-7-17(9-15)13(20)16-11-8-21-10-14(11,3)12(18)19/h11H,4-10H2,1-3H3,(H,16,20)(H,18,19). The fourth-order valence-electron chi connectivity index (χ4n) is 3.26. The molecule has 2 unspecified atom stereocenters. The second-order valence-electron chi connectivity index (χ2n) is 6.62. The Morgan fingerprint density at radius 1 is 1.38 bits per heavy atom. The van der Waals surface area contributed by atoms with Crippen LogP contribution >= 0.6 is 0 Å². The van der Waals surface area contributed by atoms with Gasteiger partial charge < -0.3 is 20.1 Å². The predicted molar refractivity (Wildman–Crippen MR) is 78.1 cm³/mol. The van der Waals surface area contributed by atoms with Gasteiger partial charge in [0.1, 0.15) is 5.41 Å². The van der Waals surface area contributed by atoms with Crippen LogP contribution in [-0.4, -0.2) is 54.4 Å². The quantitative estimate of drug-likeness (QED) is 0.828. The molecule has 120 valence electrons. The maximum atomic E-state index is 12.4. The zero-order chi connectivity index (χ0) is 15.7. The van der Waals surface area contributed by atoms with Gasteiger partial charge in [0.25, 0.3) is 0 Å². The van der Waals surface area contributed by atoms with Crippen molar-refractivity contribution in [3.8, 4) is 0 Å². The van der Waals surface area contributed by atoms with Crippen LogP contribution in [0.15, 0.2) is 0 Å². The molecule has 6 nitrogen and oxygen atoms in total. The number of urea groups is 1. The van der Waals surface area contributed by atoms with Gasteiger partial charge in [-0.25, -0.2) is 4.79 Å². The second-order valence-corrected chi connectivity index (χ2v) is 6.62. The lowest BCUT2D eigenvalue weighted by Gasteiger charge is -2.29. The Balaban J connectivity index is 1.98. The first-order valence-electron chi connectivity index (χ1n) is 7.73. The van der Waals surface area contributed by atoms with E-state index in [1.54, 1.807) is 6.92 Å². The SMILES string of the molecule is CCC1(CC)CCN(C(=O)NC2COCC2(C)C(=O)O)C1. The first kappa shape index (κ1) is 16.1. The Morgan fingerprint density at radius 3 is 2.57 bits per heavy atom. The summed E-state index contributed by atoms with van der Waals surface area (Å²) in [5.74, 6) is -0.928. The molecule has 2 aliphatic rings. The number of carbonyl (C=O) groups excluding carboxylic acids is 1. The molecular weight excluding hydrogens is 272 g/mol. The third kappa shape index (κ3) is 2.86. The van der Waals surface area contributed by atoms with Gasteiger partial charge in [-0.1, -0.05) is 13.8 Å². The fourth-order valence-corrected chi connectivity index (χ4v) is 3.26. The highest BCUT2D eigenvalue weighted by molar-refractivity contribution is 5.79. The summed E-state index contributed by atoms with van der Waals surface area (Å²) >= 11 is 0. The van der Waals surface area contributed by atoms with Crippen molar-refractivity contribution < 1.29 is 19.4 Å². The van der Waals surface area contributed by atoms with Crippen molar-refractivity contribution in [1.29, 1.82) is 0 Å². The zero-order valence-corrected chi connectivity index (χ0v) is 13.1. The number of ether oxygens (including phenoxy) is 1. The van der Waals surface area contributed by atoms with E-state index in [4.69, 9.17) is 4.74 Å². The predicted octanol–water partition coefficient (Wildman–Crippen LogP) is 1.70. The number of aliphatic carboxylic acids is 1. The van der Waals surface area contributed by atoms with Crippen LogP contribution in [0.25, 0.3) is 0 Å². The number of amides is 2. The molecule has 2 aliphatic heterocycles. The summed E-state index contributed by atoms with van der Waals surface area (Å²) in [7, 11) is 0. The first-order chi connectivity index (χ1) is 9.87. The number of nitrogens with one attached hydrogen (secondary N) is 1. The van der Waals surface area contributed by atoms with Gasteiger partial charge in [-0.15, -0.1) is 0 Å². The number of carbonyl (C=O) groups is 2. The molecule has 2 saturated heterocycles. The Hall–Kier alpha value is -1.30. The topological polar surface area (TPSA) is 78.9 Å². The van der Waals surface area contributed by atoms with Crippen LogP contribution < -0.4 is 5.32 Å². The van der Waals surface area contributed by atoms with Gasteiger partial charge in [-0.05, 0) is 31.6 Å².